The third-order valence-corrected chi connectivity index (χ3v) is 4.08. The Bertz CT molecular complexity index is 593. The van der Waals surface area contributed by atoms with Gasteiger partial charge in [-0.1, -0.05) is 25.4 Å². The predicted molar refractivity (Wildman–Crippen MR) is 76.5 cm³/mol. The number of nitrogens with one attached hydrogen (secondary N) is 1. The molecule has 0 spiro atoms. The van der Waals surface area contributed by atoms with Crippen LogP contribution in [0.25, 0.3) is 11.0 Å². The zero-order valence-corrected chi connectivity index (χ0v) is 12.0. The van der Waals surface area contributed by atoms with Gasteiger partial charge in [0.15, 0.2) is 4.77 Å². The smallest absolute Gasteiger partial charge is 0.178 e. The molecule has 4 heteroatoms. The number of aryl methyl sites for hydroxylation is 1. The van der Waals surface area contributed by atoms with Crippen LogP contribution in [0.4, 0.5) is 0 Å². The fourth-order valence-electron chi connectivity index (χ4n) is 2.37. The van der Waals surface area contributed by atoms with E-state index < -0.39 is 0 Å². The van der Waals surface area contributed by atoms with E-state index in [1.54, 1.807) is 0 Å². The van der Waals surface area contributed by atoms with Gasteiger partial charge in [-0.2, -0.15) is 0 Å². The molecule has 0 saturated carbocycles. The Morgan fingerprint density at radius 3 is 2.59 bits per heavy atom. The molecule has 2 rings (SSSR count). The fourth-order valence-corrected chi connectivity index (χ4v) is 2.87. The number of H-pyrrole nitrogens is 1. The topological polar surface area (TPSA) is 20.7 Å². The van der Waals surface area contributed by atoms with Gasteiger partial charge in [0.25, 0.3) is 0 Å². The van der Waals surface area contributed by atoms with Crippen LogP contribution >= 0.6 is 23.8 Å². The first kappa shape index (κ1) is 12.7. The van der Waals surface area contributed by atoms with E-state index in [1.165, 1.54) is 0 Å². The first-order valence-corrected chi connectivity index (χ1v) is 6.78. The normalized spacial score (nSPS) is 11.6. The molecule has 1 aromatic carbocycles. The second-order valence-electron chi connectivity index (χ2n) is 4.34. The number of imidazole rings is 1. The molecule has 2 aromatic rings. The molecule has 0 fully saturated rings. The molecule has 0 radical (unpaired) electrons. The van der Waals surface area contributed by atoms with Crippen LogP contribution in [0.1, 0.15) is 38.3 Å². The largest absolute Gasteiger partial charge is 0.331 e. The van der Waals surface area contributed by atoms with E-state index in [1.807, 2.05) is 19.1 Å². The van der Waals surface area contributed by atoms with E-state index >= 15 is 0 Å². The Kier molecular flexibility index (Phi) is 3.59. The van der Waals surface area contributed by atoms with Crippen LogP contribution in [0.5, 0.6) is 0 Å². The first-order valence-electron chi connectivity index (χ1n) is 5.99. The Morgan fingerprint density at radius 2 is 2.00 bits per heavy atom. The summed E-state index contributed by atoms with van der Waals surface area (Å²) in [4.78, 5) is 3.26. The van der Waals surface area contributed by atoms with Crippen LogP contribution in [-0.4, -0.2) is 9.55 Å². The maximum Gasteiger partial charge on any atom is 0.178 e. The monoisotopic (exact) mass is 268 g/mol. The number of benzene rings is 1. The average molecular weight is 269 g/mol. The van der Waals surface area contributed by atoms with Crippen LogP contribution in [0, 0.1) is 11.7 Å². The van der Waals surface area contributed by atoms with Crippen molar-refractivity contribution in [3.63, 3.8) is 0 Å². The maximum absolute atomic E-state index is 6.20. The molecular formula is C13H17ClN2S. The van der Waals surface area contributed by atoms with Crippen LogP contribution in [0.3, 0.4) is 0 Å². The molecule has 0 aliphatic carbocycles. The third kappa shape index (κ3) is 2.02. The van der Waals surface area contributed by atoms with E-state index in [4.69, 9.17) is 23.8 Å². The lowest BCUT2D eigenvalue weighted by atomic mass is 10.1. The van der Waals surface area contributed by atoms with Crippen molar-refractivity contribution in [2.45, 2.75) is 39.7 Å². The minimum atomic E-state index is 0.438. The van der Waals surface area contributed by atoms with Crippen LogP contribution in [0.15, 0.2) is 12.1 Å². The van der Waals surface area contributed by atoms with Gasteiger partial charge in [0, 0.05) is 11.1 Å². The second kappa shape index (κ2) is 4.83. The number of fused-ring (bicyclic) bond motifs is 1. The van der Waals surface area contributed by atoms with E-state index in [9.17, 15) is 0 Å². The van der Waals surface area contributed by atoms with Crippen LogP contribution < -0.4 is 0 Å². The van der Waals surface area contributed by atoms with Crippen molar-refractivity contribution in [1.82, 2.24) is 9.55 Å². The molecule has 0 unspecified atom stereocenters. The first-order chi connectivity index (χ1) is 8.10. The van der Waals surface area contributed by atoms with Gasteiger partial charge in [-0.3, -0.25) is 0 Å². The van der Waals surface area contributed by atoms with Crippen molar-refractivity contribution in [3.8, 4) is 0 Å². The lowest BCUT2D eigenvalue weighted by Gasteiger charge is -2.16. The van der Waals surface area contributed by atoms with E-state index in [0.717, 1.165) is 39.2 Å². The van der Waals surface area contributed by atoms with Gasteiger partial charge in [-0.15, -0.1) is 0 Å². The van der Waals surface area contributed by atoms with Crippen molar-refractivity contribution in [2.75, 3.05) is 0 Å². The molecule has 17 heavy (non-hydrogen) atoms. The van der Waals surface area contributed by atoms with Gasteiger partial charge in [0.1, 0.15) is 0 Å². The van der Waals surface area contributed by atoms with Crippen molar-refractivity contribution in [3.05, 3.63) is 27.5 Å². The molecule has 1 heterocycles. The third-order valence-electron chi connectivity index (χ3n) is 3.37. The van der Waals surface area contributed by atoms with Crippen molar-refractivity contribution >= 4 is 34.9 Å². The van der Waals surface area contributed by atoms with E-state index in [0.29, 0.717) is 6.04 Å². The molecule has 0 amide bonds. The molecule has 0 saturated heterocycles. The fraction of sp³-hybridized carbons (Fsp3) is 0.462. The Labute approximate surface area is 112 Å². The zero-order chi connectivity index (χ0) is 12.6. The van der Waals surface area contributed by atoms with Gasteiger partial charge in [0.05, 0.1) is 11.0 Å². The highest BCUT2D eigenvalue weighted by atomic mass is 35.5. The quantitative estimate of drug-likeness (QED) is 0.775. The van der Waals surface area contributed by atoms with Crippen molar-refractivity contribution in [2.24, 2.45) is 0 Å². The zero-order valence-electron chi connectivity index (χ0n) is 10.4. The molecule has 0 bridgehead atoms. The molecule has 0 aliphatic rings. The summed E-state index contributed by atoms with van der Waals surface area (Å²) in [5, 5.41) is 0.797. The highest BCUT2D eigenvalue weighted by Crippen LogP contribution is 2.29. The second-order valence-corrected chi connectivity index (χ2v) is 5.13. The van der Waals surface area contributed by atoms with Gasteiger partial charge >= 0.3 is 0 Å². The number of aromatic nitrogens is 2. The van der Waals surface area contributed by atoms with E-state index in [2.05, 4.69) is 23.4 Å². The lowest BCUT2D eigenvalue weighted by Crippen LogP contribution is -2.07. The standard InChI is InChI=1S/C13H17ClN2S/c1-4-9(5-2)16-12-8(3)10(14)6-7-11(12)15-13(16)17/h6-7,9H,4-5H2,1-3H3,(H,15,17). The summed E-state index contributed by atoms with van der Waals surface area (Å²) in [5.74, 6) is 0. The number of halogens is 1. The van der Waals surface area contributed by atoms with Crippen LogP contribution in [0.2, 0.25) is 5.02 Å². The summed E-state index contributed by atoms with van der Waals surface area (Å²) >= 11 is 11.6. The van der Waals surface area contributed by atoms with Crippen LogP contribution in [-0.2, 0) is 0 Å². The summed E-state index contributed by atoms with van der Waals surface area (Å²) in [5.41, 5.74) is 3.32. The Morgan fingerprint density at radius 1 is 1.35 bits per heavy atom. The number of hydrogen-bond acceptors (Lipinski definition) is 1. The minimum Gasteiger partial charge on any atom is -0.331 e. The number of nitrogens with zero attached hydrogens (tertiary/aromatic N) is 1. The molecule has 0 atom stereocenters. The molecular weight excluding hydrogens is 252 g/mol. The summed E-state index contributed by atoms with van der Waals surface area (Å²) in [6.07, 6.45) is 2.15. The molecule has 0 aliphatic heterocycles. The van der Waals surface area contributed by atoms with Crippen molar-refractivity contribution in [1.29, 1.82) is 0 Å². The summed E-state index contributed by atoms with van der Waals surface area (Å²) in [6, 6.07) is 4.36. The molecule has 2 nitrogen and oxygen atoms in total. The predicted octanol–water partition coefficient (Wildman–Crippen LogP) is 5.02. The average Bonchev–Trinajstić information content (AvgIpc) is 2.64. The Balaban J connectivity index is 2.82. The molecule has 1 aromatic heterocycles. The Hall–Kier alpha value is -0.800. The molecule has 92 valence electrons. The van der Waals surface area contributed by atoms with E-state index in [-0.39, 0.29) is 0 Å². The SMILES string of the molecule is CCC(CC)n1c(=S)[nH]c2ccc(Cl)c(C)c21. The maximum atomic E-state index is 6.20. The highest BCUT2D eigenvalue weighted by molar-refractivity contribution is 7.71. The van der Waals surface area contributed by atoms with Gasteiger partial charge < -0.3 is 9.55 Å². The highest BCUT2D eigenvalue weighted by Gasteiger charge is 2.14. The minimum absolute atomic E-state index is 0.438. The molecule has 1 N–H and O–H groups in total. The van der Waals surface area contributed by atoms with Gasteiger partial charge in [-0.25, -0.2) is 0 Å². The summed E-state index contributed by atoms with van der Waals surface area (Å²) in [6.45, 7) is 6.43. The van der Waals surface area contributed by atoms with Crippen molar-refractivity contribution < 1.29 is 0 Å². The number of aromatic amines is 1. The number of rotatable bonds is 3. The van der Waals surface area contributed by atoms with Gasteiger partial charge in [-0.05, 0) is 49.7 Å². The summed E-state index contributed by atoms with van der Waals surface area (Å²) < 4.78 is 3.00. The summed E-state index contributed by atoms with van der Waals surface area (Å²) in [7, 11) is 0. The van der Waals surface area contributed by atoms with Gasteiger partial charge in [0.2, 0.25) is 0 Å². The number of hydrogen-bond donors (Lipinski definition) is 1. The lowest BCUT2D eigenvalue weighted by molar-refractivity contribution is 0.478.